The van der Waals surface area contributed by atoms with Crippen LogP contribution >= 0.6 is 11.6 Å². The number of amides is 2. The summed E-state index contributed by atoms with van der Waals surface area (Å²) in [5, 5.41) is 3.54. The highest BCUT2D eigenvalue weighted by molar-refractivity contribution is 6.33. The number of esters is 1. The van der Waals surface area contributed by atoms with Crippen LogP contribution in [-0.4, -0.2) is 61.8 Å². The van der Waals surface area contributed by atoms with Gasteiger partial charge in [-0.1, -0.05) is 11.6 Å². The number of aromatic nitrogens is 2. The SMILES string of the molecule is COC(=O)COc1cc2ncnc(Oc3ccc(NC(=O)N(C)C)c(Cl)c3)c2cc1OC. The quantitative estimate of drug-likeness (QED) is 0.531. The molecule has 11 heteroatoms. The first-order chi connectivity index (χ1) is 15.3. The van der Waals surface area contributed by atoms with E-state index in [2.05, 4.69) is 20.0 Å². The number of hydrogen-bond acceptors (Lipinski definition) is 8. The number of urea groups is 1. The van der Waals surface area contributed by atoms with Crippen molar-refractivity contribution in [1.82, 2.24) is 14.9 Å². The number of hydrogen-bond donors (Lipinski definition) is 1. The molecule has 1 aromatic heterocycles. The monoisotopic (exact) mass is 460 g/mol. The molecule has 0 unspecified atom stereocenters. The lowest BCUT2D eigenvalue weighted by molar-refractivity contribution is -0.142. The zero-order chi connectivity index (χ0) is 23.3. The molecule has 0 saturated heterocycles. The van der Waals surface area contributed by atoms with E-state index in [0.717, 1.165) is 0 Å². The van der Waals surface area contributed by atoms with E-state index in [4.69, 9.17) is 25.8 Å². The van der Waals surface area contributed by atoms with Crippen LogP contribution in [0.1, 0.15) is 0 Å². The molecule has 3 rings (SSSR count). The number of nitrogens with zero attached hydrogens (tertiary/aromatic N) is 3. The van der Waals surface area contributed by atoms with Crippen molar-refractivity contribution in [3.63, 3.8) is 0 Å². The average molecular weight is 461 g/mol. The number of carbonyl (C=O) groups excluding carboxylic acids is 2. The van der Waals surface area contributed by atoms with Gasteiger partial charge in [-0.2, -0.15) is 0 Å². The summed E-state index contributed by atoms with van der Waals surface area (Å²) >= 11 is 6.28. The lowest BCUT2D eigenvalue weighted by Crippen LogP contribution is -2.27. The fraction of sp³-hybridized carbons (Fsp3) is 0.238. The number of fused-ring (bicyclic) bond motifs is 1. The second-order valence-corrected chi connectivity index (χ2v) is 7.04. The molecule has 0 aliphatic heterocycles. The lowest BCUT2D eigenvalue weighted by atomic mass is 10.2. The van der Waals surface area contributed by atoms with Crippen LogP contribution in [0.15, 0.2) is 36.7 Å². The summed E-state index contributed by atoms with van der Waals surface area (Å²) in [6.07, 6.45) is 1.33. The van der Waals surface area contributed by atoms with Gasteiger partial charge in [0.1, 0.15) is 12.1 Å². The third kappa shape index (κ3) is 5.27. The molecule has 0 fully saturated rings. The molecule has 2 aromatic carbocycles. The normalized spacial score (nSPS) is 10.4. The van der Waals surface area contributed by atoms with Gasteiger partial charge in [0.15, 0.2) is 18.1 Å². The molecule has 0 atom stereocenters. The van der Waals surface area contributed by atoms with Gasteiger partial charge in [0.25, 0.3) is 0 Å². The minimum Gasteiger partial charge on any atom is -0.493 e. The molecule has 1 N–H and O–H groups in total. The van der Waals surface area contributed by atoms with Crippen LogP contribution < -0.4 is 19.5 Å². The van der Waals surface area contributed by atoms with Crippen LogP contribution in [0, 0.1) is 0 Å². The molecule has 0 aliphatic rings. The van der Waals surface area contributed by atoms with Gasteiger partial charge in [-0.15, -0.1) is 0 Å². The first-order valence-corrected chi connectivity index (χ1v) is 9.68. The molecule has 2 amide bonds. The summed E-state index contributed by atoms with van der Waals surface area (Å²) < 4.78 is 21.3. The van der Waals surface area contributed by atoms with Gasteiger partial charge in [-0.05, 0) is 18.2 Å². The number of methoxy groups -OCH3 is 2. The number of ether oxygens (including phenoxy) is 4. The summed E-state index contributed by atoms with van der Waals surface area (Å²) in [5.74, 6) is 0.817. The Hall–Kier alpha value is -3.79. The Morgan fingerprint density at radius 3 is 2.53 bits per heavy atom. The van der Waals surface area contributed by atoms with Gasteiger partial charge in [-0.25, -0.2) is 19.6 Å². The standard InChI is InChI=1S/C21H21ClN4O6/c1-26(2)21(28)25-15-6-5-12(7-14(15)22)32-20-13-8-17(29-3)18(31-10-19(27)30-4)9-16(13)23-11-24-20/h5-9,11H,10H2,1-4H3,(H,25,28). The van der Waals surface area contributed by atoms with Crippen LogP contribution in [-0.2, 0) is 9.53 Å². The Morgan fingerprint density at radius 2 is 1.88 bits per heavy atom. The zero-order valence-electron chi connectivity index (χ0n) is 17.8. The molecule has 0 aliphatic carbocycles. The Morgan fingerprint density at radius 1 is 1.09 bits per heavy atom. The number of nitrogens with one attached hydrogen (secondary N) is 1. The van der Waals surface area contributed by atoms with Gasteiger partial charge < -0.3 is 29.2 Å². The fourth-order valence-electron chi connectivity index (χ4n) is 2.59. The number of rotatable bonds is 7. The molecule has 0 saturated carbocycles. The van der Waals surface area contributed by atoms with Crippen LogP contribution in [0.4, 0.5) is 10.5 Å². The van der Waals surface area contributed by atoms with E-state index in [-0.39, 0.29) is 18.5 Å². The molecule has 0 spiro atoms. The highest BCUT2D eigenvalue weighted by Crippen LogP contribution is 2.37. The zero-order valence-corrected chi connectivity index (χ0v) is 18.6. The minimum absolute atomic E-state index is 0.258. The summed E-state index contributed by atoms with van der Waals surface area (Å²) in [6, 6.07) is 7.78. The van der Waals surface area contributed by atoms with Crippen molar-refractivity contribution in [2.75, 3.05) is 40.2 Å². The molecule has 168 valence electrons. The maximum Gasteiger partial charge on any atom is 0.343 e. The van der Waals surface area contributed by atoms with E-state index in [9.17, 15) is 9.59 Å². The largest absolute Gasteiger partial charge is 0.493 e. The lowest BCUT2D eigenvalue weighted by Gasteiger charge is -2.14. The van der Waals surface area contributed by atoms with Gasteiger partial charge in [-0.3, -0.25) is 0 Å². The second kappa shape index (κ2) is 10.0. The number of halogens is 1. The van der Waals surface area contributed by atoms with Crippen LogP contribution in [0.25, 0.3) is 10.9 Å². The van der Waals surface area contributed by atoms with Gasteiger partial charge >= 0.3 is 12.0 Å². The van der Waals surface area contributed by atoms with E-state index in [1.807, 2.05) is 0 Å². The summed E-state index contributed by atoms with van der Waals surface area (Å²) in [5.41, 5.74) is 0.955. The van der Waals surface area contributed by atoms with Crippen LogP contribution in [0.3, 0.4) is 0 Å². The van der Waals surface area contributed by atoms with Crippen molar-refractivity contribution < 1.29 is 28.5 Å². The van der Waals surface area contributed by atoms with Crippen molar-refractivity contribution in [1.29, 1.82) is 0 Å². The first-order valence-electron chi connectivity index (χ1n) is 9.30. The van der Waals surface area contributed by atoms with E-state index in [1.165, 1.54) is 25.4 Å². The Labute approximate surface area is 189 Å². The van der Waals surface area contributed by atoms with Crippen molar-refractivity contribution in [2.24, 2.45) is 0 Å². The topological polar surface area (TPSA) is 112 Å². The number of anilines is 1. The Kier molecular flexibility index (Phi) is 7.16. The Bertz CT molecular complexity index is 1150. The summed E-state index contributed by atoms with van der Waals surface area (Å²) in [4.78, 5) is 33.0. The third-order valence-corrected chi connectivity index (χ3v) is 4.57. The molecule has 10 nitrogen and oxygen atoms in total. The van der Waals surface area contributed by atoms with E-state index in [0.29, 0.717) is 38.9 Å². The molecular weight excluding hydrogens is 440 g/mol. The summed E-state index contributed by atoms with van der Waals surface area (Å²) in [6.45, 7) is -0.276. The van der Waals surface area contributed by atoms with Crippen molar-refractivity contribution in [3.8, 4) is 23.1 Å². The third-order valence-electron chi connectivity index (χ3n) is 4.26. The van der Waals surface area contributed by atoms with Crippen LogP contribution in [0.5, 0.6) is 23.1 Å². The van der Waals surface area contributed by atoms with E-state index < -0.39 is 5.97 Å². The summed E-state index contributed by atoms with van der Waals surface area (Å²) in [7, 11) is 5.99. The Balaban J connectivity index is 1.88. The molecule has 0 bridgehead atoms. The number of benzene rings is 2. The number of carbonyl (C=O) groups is 2. The molecule has 3 aromatic rings. The first kappa shape index (κ1) is 22.9. The highest BCUT2D eigenvalue weighted by Gasteiger charge is 2.15. The van der Waals surface area contributed by atoms with Crippen molar-refractivity contribution in [3.05, 3.63) is 41.7 Å². The van der Waals surface area contributed by atoms with Gasteiger partial charge in [0.2, 0.25) is 5.88 Å². The maximum atomic E-state index is 11.8. The maximum absolute atomic E-state index is 11.8. The van der Waals surface area contributed by atoms with E-state index >= 15 is 0 Å². The smallest absolute Gasteiger partial charge is 0.343 e. The average Bonchev–Trinajstić information content (AvgIpc) is 2.78. The second-order valence-electron chi connectivity index (χ2n) is 6.63. The van der Waals surface area contributed by atoms with Gasteiger partial charge in [0, 0.05) is 26.2 Å². The molecular formula is C21H21ClN4O6. The van der Waals surface area contributed by atoms with Crippen molar-refractivity contribution in [2.45, 2.75) is 0 Å². The minimum atomic E-state index is -0.527. The highest BCUT2D eigenvalue weighted by atomic mass is 35.5. The fourth-order valence-corrected chi connectivity index (χ4v) is 2.81. The van der Waals surface area contributed by atoms with Gasteiger partial charge in [0.05, 0.1) is 35.8 Å². The predicted octanol–water partition coefficient (Wildman–Crippen LogP) is 3.73. The van der Waals surface area contributed by atoms with Crippen molar-refractivity contribution >= 4 is 40.2 Å². The molecule has 1 heterocycles. The van der Waals surface area contributed by atoms with Crippen LogP contribution in [0.2, 0.25) is 5.02 Å². The molecule has 0 radical (unpaired) electrons. The molecule has 32 heavy (non-hydrogen) atoms. The predicted molar refractivity (Wildman–Crippen MR) is 118 cm³/mol. The van der Waals surface area contributed by atoms with E-state index in [1.54, 1.807) is 44.4 Å².